The second-order valence-electron chi connectivity index (χ2n) is 5.12. The lowest BCUT2D eigenvalue weighted by Gasteiger charge is -2.32. The number of hydrogen-bond donors (Lipinski definition) is 2. The van der Waals surface area contributed by atoms with Gasteiger partial charge >= 0.3 is 0 Å². The minimum Gasteiger partial charge on any atom is -0.396 e. The van der Waals surface area contributed by atoms with Crippen molar-refractivity contribution in [2.24, 2.45) is 11.8 Å². The van der Waals surface area contributed by atoms with Crippen molar-refractivity contribution in [3.63, 3.8) is 0 Å². The fourth-order valence-corrected chi connectivity index (χ4v) is 2.50. The van der Waals surface area contributed by atoms with Gasteiger partial charge < -0.3 is 15.2 Å². The first kappa shape index (κ1) is 13.9. The quantitative estimate of drug-likeness (QED) is 0.730. The van der Waals surface area contributed by atoms with E-state index in [1.165, 1.54) is 25.7 Å². The molecule has 0 amide bonds. The highest BCUT2D eigenvalue weighted by molar-refractivity contribution is 4.78. The van der Waals surface area contributed by atoms with E-state index in [2.05, 4.69) is 19.2 Å². The largest absolute Gasteiger partial charge is 0.396 e. The van der Waals surface area contributed by atoms with E-state index in [0.717, 1.165) is 6.54 Å². The van der Waals surface area contributed by atoms with Gasteiger partial charge in [0, 0.05) is 19.8 Å². The maximum absolute atomic E-state index is 9.33. The third-order valence-electron chi connectivity index (χ3n) is 4.08. The molecule has 4 atom stereocenters. The van der Waals surface area contributed by atoms with Crippen molar-refractivity contribution >= 4 is 0 Å². The van der Waals surface area contributed by atoms with Gasteiger partial charge in [0.05, 0.1) is 6.10 Å². The molecule has 1 rings (SSSR count). The van der Waals surface area contributed by atoms with Crippen molar-refractivity contribution < 1.29 is 9.84 Å². The Labute approximate surface area is 99.6 Å². The van der Waals surface area contributed by atoms with Crippen molar-refractivity contribution in [3.8, 4) is 0 Å². The van der Waals surface area contributed by atoms with Crippen LogP contribution in [-0.2, 0) is 4.74 Å². The molecule has 0 aromatic carbocycles. The normalized spacial score (nSPS) is 30.0. The Balaban J connectivity index is 2.29. The van der Waals surface area contributed by atoms with Crippen LogP contribution in [0.1, 0.15) is 39.5 Å². The van der Waals surface area contributed by atoms with Gasteiger partial charge in [0.1, 0.15) is 0 Å². The van der Waals surface area contributed by atoms with Crippen LogP contribution < -0.4 is 5.32 Å². The molecular weight excluding hydrogens is 202 g/mol. The average Bonchev–Trinajstić information content (AvgIpc) is 2.35. The minimum absolute atomic E-state index is 0.246. The first-order valence-corrected chi connectivity index (χ1v) is 6.56. The highest BCUT2D eigenvalue weighted by atomic mass is 16.5. The van der Waals surface area contributed by atoms with E-state index in [-0.39, 0.29) is 6.10 Å². The zero-order chi connectivity index (χ0) is 12.0. The Kier molecular flexibility index (Phi) is 6.32. The molecule has 0 spiro atoms. The Hall–Kier alpha value is -0.120. The molecule has 16 heavy (non-hydrogen) atoms. The number of methoxy groups -OCH3 is 1. The molecule has 96 valence electrons. The standard InChI is InChI=1S/C13H27NO2/c1-10(11(2)16-3)14-8-12-6-4-5-7-13(12)9-15/h10-15H,4-9H2,1-3H3. The summed E-state index contributed by atoms with van der Waals surface area (Å²) < 4.78 is 5.29. The van der Waals surface area contributed by atoms with Crippen molar-refractivity contribution in [2.75, 3.05) is 20.3 Å². The summed E-state index contributed by atoms with van der Waals surface area (Å²) in [6, 6.07) is 0.381. The third kappa shape index (κ3) is 4.04. The van der Waals surface area contributed by atoms with Crippen molar-refractivity contribution in [2.45, 2.75) is 51.7 Å². The predicted molar refractivity (Wildman–Crippen MR) is 66.5 cm³/mol. The predicted octanol–water partition coefficient (Wildman–Crippen LogP) is 1.80. The molecule has 0 aromatic heterocycles. The van der Waals surface area contributed by atoms with Crippen molar-refractivity contribution in [1.29, 1.82) is 0 Å². The Bertz CT molecular complexity index is 187. The average molecular weight is 229 g/mol. The van der Waals surface area contributed by atoms with Gasteiger partial charge in [-0.3, -0.25) is 0 Å². The molecule has 2 N–H and O–H groups in total. The lowest BCUT2D eigenvalue weighted by Crippen LogP contribution is -2.41. The maximum Gasteiger partial charge on any atom is 0.0693 e. The van der Waals surface area contributed by atoms with E-state index in [0.29, 0.717) is 24.5 Å². The van der Waals surface area contributed by atoms with Crippen LogP contribution in [0, 0.1) is 11.8 Å². The number of ether oxygens (including phenoxy) is 1. The molecule has 4 unspecified atom stereocenters. The molecule has 0 heterocycles. The Morgan fingerprint density at radius 3 is 2.44 bits per heavy atom. The van der Waals surface area contributed by atoms with Crippen molar-refractivity contribution in [1.82, 2.24) is 5.32 Å². The van der Waals surface area contributed by atoms with Crippen LogP contribution >= 0.6 is 0 Å². The molecule has 1 saturated carbocycles. The van der Waals surface area contributed by atoms with Crippen LogP contribution in [0.4, 0.5) is 0 Å². The monoisotopic (exact) mass is 229 g/mol. The minimum atomic E-state index is 0.246. The second-order valence-corrected chi connectivity index (χ2v) is 5.12. The third-order valence-corrected chi connectivity index (χ3v) is 4.08. The SMILES string of the molecule is COC(C)C(C)NCC1CCCCC1CO. The lowest BCUT2D eigenvalue weighted by atomic mass is 9.79. The molecule has 0 aliphatic heterocycles. The van der Waals surface area contributed by atoms with Gasteiger partial charge in [0.2, 0.25) is 0 Å². The van der Waals surface area contributed by atoms with Crippen LogP contribution in [0.2, 0.25) is 0 Å². The summed E-state index contributed by atoms with van der Waals surface area (Å²) >= 11 is 0. The van der Waals surface area contributed by atoms with Crippen LogP contribution in [-0.4, -0.2) is 37.5 Å². The Morgan fingerprint density at radius 2 is 1.88 bits per heavy atom. The molecular formula is C13H27NO2. The lowest BCUT2D eigenvalue weighted by molar-refractivity contribution is 0.0797. The van der Waals surface area contributed by atoms with Crippen LogP contribution in [0.3, 0.4) is 0 Å². The summed E-state index contributed by atoms with van der Waals surface area (Å²) in [6.07, 6.45) is 5.29. The van der Waals surface area contributed by atoms with E-state index in [9.17, 15) is 5.11 Å². The summed E-state index contributed by atoms with van der Waals surface area (Å²) in [7, 11) is 1.75. The second kappa shape index (κ2) is 7.25. The molecule has 1 aliphatic carbocycles. The number of aliphatic hydroxyl groups is 1. The molecule has 0 bridgehead atoms. The first-order chi connectivity index (χ1) is 7.69. The van der Waals surface area contributed by atoms with Gasteiger partial charge in [-0.2, -0.15) is 0 Å². The van der Waals surface area contributed by atoms with Gasteiger partial charge in [-0.1, -0.05) is 12.8 Å². The molecule has 0 radical (unpaired) electrons. The van der Waals surface area contributed by atoms with E-state index < -0.39 is 0 Å². The van der Waals surface area contributed by atoms with Crippen LogP contribution in [0.5, 0.6) is 0 Å². The van der Waals surface area contributed by atoms with Gasteiger partial charge in [-0.05, 0) is 45.1 Å². The van der Waals surface area contributed by atoms with E-state index in [4.69, 9.17) is 4.74 Å². The Morgan fingerprint density at radius 1 is 1.25 bits per heavy atom. The number of nitrogens with one attached hydrogen (secondary N) is 1. The van der Waals surface area contributed by atoms with Crippen LogP contribution in [0.15, 0.2) is 0 Å². The summed E-state index contributed by atoms with van der Waals surface area (Å²) in [5.74, 6) is 1.15. The molecule has 0 saturated heterocycles. The number of aliphatic hydroxyl groups excluding tert-OH is 1. The zero-order valence-electron chi connectivity index (χ0n) is 10.9. The summed E-state index contributed by atoms with van der Waals surface area (Å²) in [5.41, 5.74) is 0. The molecule has 1 aliphatic rings. The first-order valence-electron chi connectivity index (χ1n) is 6.56. The molecule has 1 fully saturated rings. The van der Waals surface area contributed by atoms with Gasteiger partial charge in [-0.15, -0.1) is 0 Å². The summed E-state index contributed by atoms with van der Waals surface area (Å²) in [5, 5.41) is 12.9. The topological polar surface area (TPSA) is 41.5 Å². The van der Waals surface area contributed by atoms with Gasteiger partial charge in [0.15, 0.2) is 0 Å². The van der Waals surface area contributed by atoms with Crippen LogP contribution in [0.25, 0.3) is 0 Å². The summed E-state index contributed by atoms with van der Waals surface area (Å²) in [6.45, 7) is 5.60. The molecule has 3 heteroatoms. The highest BCUT2D eigenvalue weighted by Gasteiger charge is 2.25. The van der Waals surface area contributed by atoms with Gasteiger partial charge in [-0.25, -0.2) is 0 Å². The van der Waals surface area contributed by atoms with Crippen molar-refractivity contribution in [3.05, 3.63) is 0 Å². The summed E-state index contributed by atoms with van der Waals surface area (Å²) in [4.78, 5) is 0. The fourth-order valence-electron chi connectivity index (χ4n) is 2.50. The maximum atomic E-state index is 9.33. The smallest absolute Gasteiger partial charge is 0.0693 e. The van der Waals surface area contributed by atoms with E-state index in [1.54, 1.807) is 7.11 Å². The number of hydrogen-bond acceptors (Lipinski definition) is 3. The highest BCUT2D eigenvalue weighted by Crippen LogP contribution is 2.29. The fraction of sp³-hybridized carbons (Fsp3) is 1.00. The van der Waals surface area contributed by atoms with E-state index in [1.807, 2.05) is 0 Å². The molecule has 3 nitrogen and oxygen atoms in total. The zero-order valence-corrected chi connectivity index (χ0v) is 10.9. The number of rotatable bonds is 6. The molecule has 0 aromatic rings. The van der Waals surface area contributed by atoms with E-state index >= 15 is 0 Å². The van der Waals surface area contributed by atoms with Gasteiger partial charge in [0.25, 0.3) is 0 Å².